The minimum atomic E-state index is -3.74. The quantitative estimate of drug-likeness (QED) is 0.403. The Kier molecular flexibility index (Phi) is 8.80. The van der Waals surface area contributed by atoms with Crippen LogP contribution in [0.5, 0.6) is 0 Å². The van der Waals surface area contributed by atoms with Gasteiger partial charge in [0, 0.05) is 30.7 Å². The lowest BCUT2D eigenvalue weighted by atomic mass is 9.87. The number of amides is 1. The first kappa shape index (κ1) is 25.5. The third kappa shape index (κ3) is 7.40. The van der Waals surface area contributed by atoms with Gasteiger partial charge in [0.25, 0.3) is 0 Å². The highest BCUT2D eigenvalue weighted by Gasteiger charge is 2.48. The summed E-state index contributed by atoms with van der Waals surface area (Å²) in [7, 11) is -2.48. The summed E-state index contributed by atoms with van der Waals surface area (Å²) in [6.45, 7) is 5.24. The maximum absolute atomic E-state index is 13.1. The normalized spacial score (nSPS) is 28.6. The maximum Gasteiger partial charge on any atom is 0.332 e. The first-order chi connectivity index (χ1) is 14.5. The molecule has 2 aliphatic rings. The highest BCUT2D eigenvalue weighted by atomic mass is 31.2. The summed E-state index contributed by atoms with van der Waals surface area (Å²) in [5, 5.41) is 2.58. The van der Waals surface area contributed by atoms with Gasteiger partial charge in [0.05, 0.1) is 38.8 Å². The molecule has 1 heterocycles. The van der Waals surface area contributed by atoms with E-state index in [1.165, 1.54) is 7.11 Å². The van der Waals surface area contributed by atoms with Crippen LogP contribution in [0.2, 0.25) is 0 Å². The lowest BCUT2D eigenvalue weighted by molar-refractivity contribution is -0.149. The van der Waals surface area contributed by atoms with Gasteiger partial charge in [0.15, 0.2) is 6.10 Å². The Balaban J connectivity index is 1.90. The van der Waals surface area contributed by atoms with Crippen molar-refractivity contribution in [3.8, 4) is 0 Å². The Morgan fingerprint density at radius 1 is 1.32 bits per heavy atom. The molecule has 2 fully saturated rings. The van der Waals surface area contributed by atoms with Gasteiger partial charge in [-0.05, 0) is 6.42 Å². The molecule has 31 heavy (non-hydrogen) atoms. The molecule has 0 aromatic heterocycles. The highest BCUT2D eigenvalue weighted by molar-refractivity contribution is 7.54. The standard InChI is InChI=1S/C20H32NO9P/c1-13(19(25)28-10-14-5-6-15(22)9-14)11-31(26)29-12-20(2,3)17(30-31)18(24)21-8-7-16(23)27-4/h13-14,17H,5-12H2,1-4H3,(H,21,24)/t13-,14+,17+,31?/m1/s1. The average molecular weight is 461 g/mol. The van der Waals surface area contributed by atoms with Crippen molar-refractivity contribution in [2.45, 2.75) is 52.6 Å². The molecule has 2 rings (SSSR count). The zero-order chi connectivity index (χ0) is 23.2. The molecule has 0 aromatic carbocycles. The topological polar surface area (TPSA) is 134 Å². The fraction of sp³-hybridized carbons (Fsp3) is 0.800. The van der Waals surface area contributed by atoms with Crippen molar-refractivity contribution >= 4 is 31.2 Å². The van der Waals surface area contributed by atoms with Gasteiger partial charge in [-0.1, -0.05) is 20.8 Å². The molecule has 176 valence electrons. The van der Waals surface area contributed by atoms with E-state index >= 15 is 0 Å². The molecule has 1 saturated carbocycles. The summed E-state index contributed by atoms with van der Waals surface area (Å²) >= 11 is 0. The smallest absolute Gasteiger partial charge is 0.332 e. The van der Waals surface area contributed by atoms with Crippen LogP contribution in [0, 0.1) is 17.3 Å². The van der Waals surface area contributed by atoms with Gasteiger partial charge in [0.2, 0.25) is 5.91 Å². The minimum Gasteiger partial charge on any atom is -0.469 e. The van der Waals surface area contributed by atoms with Crippen LogP contribution >= 0.6 is 7.60 Å². The third-order valence-corrected chi connectivity index (χ3v) is 7.46. The first-order valence-corrected chi connectivity index (χ1v) is 12.1. The molecule has 0 bridgehead atoms. The van der Waals surface area contributed by atoms with Crippen LogP contribution in [-0.4, -0.2) is 62.8 Å². The number of methoxy groups -OCH3 is 1. The Labute approximate surface area is 182 Å². The van der Waals surface area contributed by atoms with Crippen LogP contribution in [0.3, 0.4) is 0 Å². The van der Waals surface area contributed by atoms with Crippen LogP contribution in [-0.2, 0) is 42.3 Å². The molecule has 4 atom stereocenters. The number of ketones is 1. The van der Waals surface area contributed by atoms with E-state index in [1.54, 1.807) is 20.8 Å². The van der Waals surface area contributed by atoms with Crippen LogP contribution in [0.15, 0.2) is 0 Å². The minimum absolute atomic E-state index is 0.000977. The molecular formula is C20H32NO9P. The lowest BCUT2D eigenvalue weighted by Gasteiger charge is -2.40. The number of hydrogen-bond acceptors (Lipinski definition) is 9. The van der Waals surface area contributed by atoms with E-state index in [9.17, 15) is 23.7 Å². The molecule has 11 heteroatoms. The van der Waals surface area contributed by atoms with Gasteiger partial charge >= 0.3 is 19.5 Å². The Hall–Kier alpha value is -1.77. The summed E-state index contributed by atoms with van der Waals surface area (Å²) in [4.78, 5) is 47.4. The first-order valence-electron chi connectivity index (χ1n) is 10.4. The summed E-state index contributed by atoms with van der Waals surface area (Å²) < 4.78 is 34.0. The SMILES string of the molecule is COC(=O)CCNC(=O)[C@@H]1OP(=O)(C[C@@H](C)C(=O)OC[C@H]2CCC(=O)C2)OCC1(C)C. The predicted molar refractivity (Wildman–Crippen MR) is 109 cm³/mol. The second-order valence-electron chi connectivity index (χ2n) is 8.84. The number of ether oxygens (including phenoxy) is 2. The zero-order valence-electron chi connectivity index (χ0n) is 18.5. The van der Waals surface area contributed by atoms with Crippen molar-refractivity contribution in [3.63, 3.8) is 0 Å². The van der Waals surface area contributed by atoms with E-state index in [0.717, 1.165) is 0 Å². The van der Waals surface area contributed by atoms with E-state index in [0.29, 0.717) is 19.3 Å². The van der Waals surface area contributed by atoms with Crippen LogP contribution in [0.25, 0.3) is 0 Å². The Morgan fingerprint density at radius 3 is 2.65 bits per heavy atom. The van der Waals surface area contributed by atoms with Crippen molar-refractivity contribution < 1.29 is 42.3 Å². The number of hydrogen-bond donors (Lipinski definition) is 1. The van der Waals surface area contributed by atoms with E-state index in [-0.39, 0.29) is 44.0 Å². The molecular weight excluding hydrogens is 429 g/mol. The van der Waals surface area contributed by atoms with Crippen molar-refractivity contribution in [1.82, 2.24) is 5.32 Å². The van der Waals surface area contributed by atoms with Gasteiger partial charge < -0.3 is 19.3 Å². The van der Waals surface area contributed by atoms with Crippen LogP contribution in [0.4, 0.5) is 0 Å². The number of carbonyl (C=O) groups excluding carboxylic acids is 4. The summed E-state index contributed by atoms with van der Waals surface area (Å²) in [6.07, 6.45) is 0.322. The van der Waals surface area contributed by atoms with Gasteiger partial charge in [-0.3, -0.25) is 28.3 Å². The number of esters is 2. The molecule has 1 aliphatic heterocycles. The maximum atomic E-state index is 13.1. The molecule has 1 saturated heterocycles. The van der Waals surface area contributed by atoms with E-state index < -0.39 is 42.9 Å². The van der Waals surface area contributed by atoms with Crippen LogP contribution in [0.1, 0.15) is 46.5 Å². The van der Waals surface area contributed by atoms with Gasteiger partial charge in [-0.15, -0.1) is 0 Å². The molecule has 1 amide bonds. The molecule has 0 spiro atoms. The Morgan fingerprint density at radius 2 is 2.03 bits per heavy atom. The Bertz CT molecular complexity index is 751. The zero-order valence-corrected chi connectivity index (χ0v) is 19.4. The van der Waals surface area contributed by atoms with Crippen molar-refractivity contribution in [1.29, 1.82) is 0 Å². The lowest BCUT2D eigenvalue weighted by Crippen LogP contribution is -2.50. The molecule has 1 unspecified atom stereocenters. The number of carbonyl (C=O) groups is 4. The van der Waals surface area contributed by atoms with Crippen LogP contribution < -0.4 is 5.32 Å². The molecule has 0 aromatic rings. The summed E-state index contributed by atoms with van der Waals surface area (Å²) in [5.74, 6) is -2.11. The van der Waals surface area contributed by atoms with Crippen molar-refractivity contribution in [2.24, 2.45) is 17.3 Å². The predicted octanol–water partition coefficient (Wildman–Crippen LogP) is 1.85. The summed E-state index contributed by atoms with van der Waals surface area (Å²) in [6, 6.07) is 0. The largest absolute Gasteiger partial charge is 0.469 e. The van der Waals surface area contributed by atoms with E-state index in [4.69, 9.17) is 13.8 Å². The second-order valence-corrected chi connectivity index (χ2v) is 10.9. The highest BCUT2D eigenvalue weighted by Crippen LogP contribution is 2.57. The van der Waals surface area contributed by atoms with Crippen molar-refractivity contribution in [2.75, 3.05) is 33.0 Å². The molecule has 0 radical (unpaired) electrons. The number of nitrogens with one attached hydrogen (secondary N) is 1. The van der Waals surface area contributed by atoms with E-state index in [2.05, 4.69) is 10.1 Å². The molecule has 1 N–H and O–H groups in total. The third-order valence-electron chi connectivity index (χ3n) is 5.41. The second kappa shape index (κ2) is 10.7. The number of Topliss-reactive ketones (excluding diaryl/α,β-unsaturated/α-hetero) is 1. The summed E-state index contributed by atoms with van der Waals surface area (Å²) in [5.41, 5.74) is -0.762. The monoisotopic (exact) mass is 461 g/mol. The van der Waals surface area contributed by atoms with Gasteiger partial charge in [0.1, 0.15) is 5.78 Å². The van der Waals surface area contributed by atoms with Gasteiger partial charge in [-0.2, -0.15) is 0 Å². The average Bonchev–Trinajstić information content (AvgIpc) is 3.13. The van der Waals surface area contributed by atoms with Crippen molar-refractivity contribution in [3.05, 3.63) is 0 Å². The van der Waals surface area contributed by atoms with Gasteiger partial charge in [-0.25, -0.2) is 0 Å². The molecule has 10 nitrogen and oxygen atoms in total. The molecule has 1 aliphatic carbocycles. The number of rotatable bonds is 9. The fourth-order valence-electron chi connectivity index (χ4n) is 3.44. The van der Waals surface area contributed by atoms with E-state index in [1.807, 2.05) is 0 Å². The fourth-order valence-corrected chi connectivity index (χ4v) is 5.74.